The van der Waals surface area contributed by atoms with E-state index in [1.54, 1.807) is 0 Å². The van der Waals surface area contributed by atoms with Crippen molar-refractivity contribution in [3.8, 4) is 0 Å². The largest absolute Gasteiger partial charge is 0.460 e. The second-order valence-corrected chi connectivity index (χ2v) is 12.5. The molecule has 3 fully saturated rings. The van der Waals surface area contributed by atoms with Gasteiger partial charge in [-0.2, -0.15) is 39.5 Å². The summed E-state index contributed by atoms with van der Waals surface area (Å²) < 4.78 is 157. The molecular weight excluding hydrogens is 590 g/mol. The highest BCUT2D eigenvalue weighted by atomic mass is 31.2. The van der Waals surface area contributed by atoms with E-state index < -0.39 is 91.9 Å². The number of esters is 2. The van der Waals surface area contributed by atoms with Crippen LogP contribution in [0.3, 0.4) is 0 Å². The Kier molecular flexibility index (Phi) is 9.02. The molecule has 0 radical (unpaired) electrons. The van der Waals surface area contributed by atoms with Gasteiger partial charge in [-0.1, -0.05) is 6.42 Å². The minimum absolute atomic E-state index is 0.147. The highest BCUT2D eigenvalue weighted by molar-refractivity contribution is 7.53. The molecule has 40 heavy (non-hydrogen) atoms. The summed E-state index contributed by atoms with van der Waals surface area (Å²) in [7, 11) is -4.18. The van der Waals surface area contributed by atoms with E-state index in [1.807, 2.05) is 0 Å². The topological polar surface area (TPSA) is 88.1 Å². The first-order valence-electron chi connectivity index (χ1n) is 12.8. The van der Waals surface area contributed by atoms with Crippen molar-refractivity contribution in [3.63, 3.8) is 0 Å². The Hall–Kier alpha value is -1.54. The van der Waals surface area contributed by atoms with E-state index in [-0.39, 0.29) is 26.1 Å². The molecule has 7 nitrogen and oxygen atoms in total. The first kappa shape index (κ1) is 33.0. The number of hydrogen-bond donors (Lipinski definition) is 0. The molecule has 1 aliphatic heterocycles. The third-order valence-electron chi connectivity index (χ3n) is 7.68. The van der Waals surface area contributed by atoms with Gasteiger partial charge in [0, 0.05) is 19.3 Å². The van der Waals surface area contributed by atoms with Crippen LogP contribution in [0.2, 0.25) is 0 Å². The summed E-state index contributed by atoms with van der Waals surface area (Å²) in [6.07, 6.45) is -9.78. The van der Waals surface area contributed by atoms with Crippen LogP contribution in [0.15, 0.2) is 0 Å². The summed E-state index contributed by atoms with van der Waals surface area (Å²) in [5.74, 6) is -27.6. The van der Waals surface area contributed by atoms with Crippen LogP contribution in [0.5, 0.6) is 0 Å². The minimum Gasteiger partial charge on any atom is -0.422 e. The van der Waals surface area contributed by atoms with Crippen LogP contribution in [-0.2, 0) is 32.7 Å². The first-order chi connectivity index (χ1) is 18.2. The third-order valence-corrected chi connectivity index (χ3v) is 9.90. The van der Waals surface area contributed by atoms with Crippen molar-refractivity contribution in [1.29, 1.82) is 0 Å². The van der Waals surface area contributed by atoms with Gasteiger partial charge in [0.05, 0.1) is 19.4 Å². The smallest absolute Gasteiger partial charge is 0.422 e. The van der Waals surface area contributed by atoms with E-state index in [4.69, 9.17) is 18.5 Å². The number of alkyl halides is 9. The van der Waals surface area contributed by atoms with Gasteiger partial charge < -0.3 is 18.5 Å². The van der Waals surface area contributed by atoms with Crippen LogP contribution in [-0.4, -0.2) is 61.0 Å². The fourth-order valence-electron chi connectivity index (χ4n) is 5.72. The lowest BCUT2D eigenvalue weighted by Crippen LogP contribution is -2.61. The second-order valence-electron chi connectivity index (χ2n) is 10.4. The van der Waals surface area contributed by atoms with Gasteiger partial charge in [0.25, 0.3) is 5.79 Å². The summed E-state index contributed by atoms with van der Waals surface area (Å²) in [6.45, 7) is 2.34. The van der Waals surface area contributed by atoms with E-state index >= 15 is 0 Å². The molecule has 0 amide bonds. The van der Waals surface area contributed by atoms with Crippen LogP contribution in [0.1, 0.15) is 65.2 Å². The molecule has 3 aliphatic rings. The molecule has 0 aromatic rings. The van der Waals surface area contributed by atoms with Crippen molar-refractivity contribution in [2.45, 2.75) is 94.9 Å². The van der Waals surface area contributed by atoms with Crippen LogP contribution < -0.4 is 0 Å². The van der Waals surface area contributed by atoms with Crippen molar-refractivity contribution >= 4 is 19.5 Å². The van der Waals surface area contributed by atoms with Crippen molar-refractivity contribution in [3.05, 3.63) is 0 Å². The SMILES string of the molecule is CCOP(=O)(CC1CC2(CC1CC(F)(F)C(F)(F)C(F)(F)C(F)(F)F)C(=O)OC1(CCCCC1)OC2=O)OCC. The third kappa shape index (κ3) is 5.73. The molecule has 2 atom stereocenters. The molecule has 0 N–H and O–H groups in total. The summed E-state index contributed by atoms with van der Waals surface area (Å²) >= 11 is 0. The highest BCUT2D eigenvalue weighted by Gasteiger charge is 2.82. The molecule has 232 valence electrons. The molecule has 1 heterocycles. The Morgan fingerprint density at radius 1 is 0.800 bits per heavy atom. The fourth-order valence-corrected chi connectivity index (χ4v) is 7.79. The zero-order chi connectivity index (χ0) is 30.4. The average Bonchev–Trinajstić information content (AvgIpc) is 3.15. The van der Waals surface area contributed by atoms with E-state index in [2.05, 4.69) is 0 Å². The van der Waals surface area contributed by atoms with Crippen LogP contribution in [0, 0.1) is 17.3 Å². The molecule has 3 rings (SSSR count). The van der Waals surface area contributed by atoms with Gasteiger partial charge in [-0.25, -0.2) is 0 Å². The standard InChI is InChI=1S/C23H30F9O7P/c1-3-36-40(35,37-4-2)13-15-11-18(16(33)38-19(39-17(18)34)8-6-5-7-9-19)10-14(15)12-20(24,25)21(26,27)22(28,29)23(30,31)32/h14-15H,3-13H2,1-2H3. The number of ether oxygens (including phenoxy) is 2. The van der Waals surface area contributed by atoms with Gasteiger partial charge in [-0.15, -0.1) is 0 Å². The number of hydrogen-bond acceptors (Lipinski definition) is 7. The monoisotopic (exact) mass is 620 g/mol. The molecule has 17 heteroatoms. The zero-order valence-corrected chi connectivity index (χ0v) is 22.5. The lowest BCUT2D eigenvalue weighted by Gasteiger charge is -2.44. The average molecular weight is 620 g/mol. The summed E-state index contributed by atoms with van der Waals surface area (Å²) in [4.78, 5) is 26.4. The van der Waals surface area contributed by atoms with E-state index in [0.717, 1.165) is 6.42 Å². The molecule has 1 saturated heterocycles. The number of rotatable bonds is 10. The van der Waals surface area contributed by atoms with Gasteiger partial charge in [-0.05, 0) is 51.4 Å². The minimum atomic E-state index is -7.11. The Morgan fingerprint density at radius 2 is 1.27 bits per heavy atom. The predicted octanol–water partition coefficient (Wildman–Crippen LogP) is 6.88. The van der Waals surface area contributed by atoms with Gasteiger partial charge in [-0.3, -0.25) is 14.2 Å². The van der Waals surface area contributed by atoms with Crippen molar-refractivity contribution in [2.24, 2.45) is 17.3 Å². The predicted molar refractivity (Wildman–Crippen MR) is 118 cm³/mol. The second kappa shape index (κ2) is 10.9. The Balaban J connectivity index is 1.99. The quantitative estimate of drug-likeness (QED) is 0.114. The number of carbonyl (C=O) groups is 2. The normalized spacial score (nSPS) is 25.8. The zero-order valence-electron chi connectivity index (χ0n) is 21.6. The van der Waals surface area contributed by atoms with Crippen LogP contribution in [0.25, 0.3) is 0 Å². The molecule has 0 aromatic heterocycles. The maximum Gasteiger partial charge on any atom is 0.460 e. The van der Waals surface area contributed by atoms with Gasteiger partial charge in [0.2, 0.25) is 0 Å². The maximum atomic E-state index is 14.7. The van der Waals surface area contributed by atoms with E-state index in [0.29, 0.717) is 12.8 Å². The number of halogens is 9. The van der Waals surface area contributed by atoms with E-state index in [9.17, 15) is 53.7 Å². The molecule has 2 aliphatic carbocycles. The Morgan fingerprint density at radius 3 is 1.73 bits per heavy atom. The Labute approximate surface area is 223 Å². The van der Waals surface area contributed by atoms with Crippen molar-refractivity contribution < 1.29 is 72.2 Å². The highest BCUT2D eigenvalue weighted by Crippen LogP contribution is 2.62. The van der Waals surface area contributed by atoms with Gasteiger partial charge in [0.15, 0.2) is 5.41 Å². The van der Waals surface area contributed by atoms with Crippen LogP contribution >= 0.6 is 7.60 Å². The molecule has 2 saturated carbocycles. The summed E-state index contributed by atoms with van der Waals surface area (Å²) in [5, 5.41) is 0. The lowest BCUT2D eigenvalue weighted by molar-refractivity contribution is -0.398. The number of carbonyl (C=O) groups excluding carboxylic acids is 2. The summed E-state index contributed by atoms with van der Waals surface area (Å²) in [5.41, 5.74) is -2.36. The lowest BCUT2D eigenvalue weighted by atomic mass is 9.81. The van der Waals surface area contributed by atoms with Crippen LogP contribution in [0.4, 0.5) is 39.5 Å². The van der Waals surface area contributed by atoms with Gasteiger partial charge in [0.1, 0.15) is 0 Å². The molecular formula is C23H30F9O7P. The summed E-state index contributed by atoms with van der Waals surface area (Å²) in [6, 6.07) is 0. The van der Waals surface area contributed by atoms with E-state index in [1.165, 1.54) is 13.8 Å². The Bertz CT molecular complexity index is 981. The molecule has 0 aromatic carbocycles. The molecule has 2 spiro atoms. The fraction of sp³-hybridized carbons (Fsp3) is 0.913. The van der Waals surface area contributed by atoms with Gasteiger partial charge >= 0.3 is 43.5 Å². The van der Waals surface area contributed by atoms with Crippen molar-refractivity contribution in [1.82, 2.24) is 0 Å². The maximum absolute atomic E-state index is 14.7. The molecule has 2 unspecified atom stereocenters. The van der Waals surface area contributed by atoms with Crippen molar-refractivity contribution in [2.75, 3.05) is 19.4 Å². The molecule has 0 bridgehead atoms. The first-order valence-corrected chi connectivity index (χ1v) is 14.5.